The van der Waals surface area contributed by atoms with Crippen LogP contribution < -0.4 is 5.32 Å². The van der Waals surface area contributed by atoms with Gasteiger partial charge in [0.15, 0.2) is 0 Å². The predicted octanol–water partition coefficient (Wildman–Crippen LogP) is 2.86. The van der Waals surface area contributed by atoms with E-state index in [0.717, 1.165) is 29.6 Å². The first-order valence-electron chi connectivity index (χ1n) is 5.32. The summed E-state index contributed by atoms with van der Waals surface area (Å²) in [7, 11) is 0. The maximum atomic E-state index is 4.45. The fraction of sp³-hybridized carbons (Fsp3) is 0.636. The van der Waals surface area contributed by atoms with E-state index >= 15 is 0 Å². The molecule has 0 spiro atoms. The maximum Gasteiger partial charge on any atom is 0.140 e. The molecule has 0 atom stereocenters. The number of rotatable bonds is 5. The molecule has 0 aliphatic heterocycles. The molecule has 0 aliphatic carbocycles. The molecule has 0 unspecified atom stereocenters. The van der Waals surface area contributed by atoms with Gasteiger partial charge in [-0.05, 0) is 19.1 Å². The molecule has 1 aromatic rings. The Kier molecular flexibility index (Phi) is 4.88. The summed E-state index contributed by atoms with van der Waals surface area (Å²) in [5.41, 5.74) is 1.03. The predicted molar refractivity (Wildman–Crippen MR) is 67.4 cm³/mol. The quantitative estimate of drug-likeness (QED) is 0.836. The van der Waals surface area contributed by atoms with Gasteiger partial charge in [0.1, 0.15) is 11.6 Å². The number of thioether (sulfide) groups is 1. The molecule has 0 aromatic carbocycles. The number of nitrogens with zero attached hydrogens (tertiary/aromatic N) is 2. The maximum absolute atomic E-state index is 4.45. The van der Waals surface area contributed by atoms with Crippen molar-refractivity contribution in [1.82, 2.24) is 9.97 Å². The van der Waals surface area contributed by atoms with Gasteiger partial charge in [0.05, 0.1) is 5.75 Å². The summed E-state index contributed by atoms with van der Waals surface area (Å²) in [6.45, 7) is 9.34. The zero-order valence-corrected chi connectivity index (χ0v) is 10.7. The molecule has 1 heterocycles. The molecule has 15 heavy (non-hydrogen) atoms. The van der Waals surface area contributed by atoms with Gasteiger partial charge in [-0.25, -0.2) is 9.97 Å². The highest BCUT2D eigenvalue weighted by Crippen LogP contribution is 2.16. The van der Waals surface area contributed by atoms with Crippen molar-refractivity contribution >= 4 is 17.6 Å². The summed E-state index contributed by atoms with van der Waals surface area (Å²) in [5, 5.41) is 3.84. The lowest BCUT2D eigenvalue weighted by molar-refractivity contribution is 0.980. The van der Waals surface area contributed by atoms with Crippen molar-refractivity contribution in [2.45, 2.75) is 38.7 Å². The van der Waals surface area contributed by atoms with Gasteiger partial charge >= 0.3 is 0 Å². The fourth-order valence-corrected chi connectivity index (χ4v) is 1.82. The molecule has 1 rings (SSSR count). The van der Waals surface area contributed by atoms with E-state index < -0.39 is 0 Å². The molecule has 3 nitrogen and oxygen atoms in total. The van der Waals surface area contributed by atoms with Crippen LogP contribution in [0, 0.1) is 6.92 Å². The molecule has 0 fully saturated rings. The Morgan fingerprint density at radius 1 is 1.40 bits per heavy atom. The molecule has 0 aliphatic rings. The molecule has 0 bridgehead atoms. The number of aromatic nitrogens is 2. The first-order chi connectivity index (χ1) is 7.11. The second-order valence-corrected chi connectivity index (χ2v) is 5.27. The van der Waals surface area contributed by atoms with Gasteiger partial charge in [-0.3, -0.25) is 0 Å². The first-order valence-corrected chi connectivity index (χ1v) is 6.36. The second-order valence-electron chi connectivity index (χ2n) is 3.70. The highest BCUT2D eigenvalue weighted by Gasteiger charge is 2.03. The minimum Gasteiger partial charge on any atom is -0.370 e. The van der Waals surface area contributed by atoms with Crippen LogP contribution in [0.15, 0.2) is 6.07 Å². The Morgan fingerprint density at radius 2 is 2.13 bits per heavy atom. The van der Waals surface area contributed by atoms with Crippen molar-refractivity contribution in [2.75, 3.05) is 11.9 Å². The third-order valence-corrected chi connectivity index (χ3v) is 2.90. The van der Waals surface area contributed by atoms with Gasteiger partial charge in [-0.1, -0.05) is 13.8 Å². The topological polar surface area (TPSA) is 37.8 Å². The Bertz CT molecular complexity index is 313. The van der Waals surface area contributed by atoms with E-state index in [9.17, 15) is 0 Å². The molecule has 1 N–H and O–H groups in total. The van der Waals surface area contributed by atoms with Crippen LogP contribution in [0.4, 0.5) is 5.82 Å². The number of aryl methyl sites for hydroxylation is 1. The summed E-state index contributed by atoms with van der Waals surface area (Å²) in [5.74, 6) is 2.74. The normalized spacial score (nSPS) is 10.7. The summed E-state index contributed by atoms with van der Waals surface area (Å²) < 4.78 is 0. The molecule has 0 radical (unpaired) electrons. The van der Waals surface area contributed by atoms with E-state index in [-0.39, 0.29) is 0 Å². The van der Waals surface area contributed by atoms with Gasteiger partial charge < -0.3 is 5.32 Å². The van der Waals surface area contributed by atoms with Crippen molar-refractivity contribution in [3.05, 3.63) is 17.6 Å². The van der Waals surface area contributed by atoms with E-state index in [2.05, 4.69) is 36.1 Å². The Balaban J connectivity index is 2.70. The monoisotopic (exact) mass is 225 g/mol. The van der Waals surface area contributed by atoms with Crippen molar-refractivity contribution < 1.29 is 0 Å². The Labute approximate surface area is 96.1 Å². The minimum atomic E-state index is 0.622. The SMILES string of the molecule is CCNc1cc(C)nc(CSC(C)C)n1. The van der Waals surface area contributed by atoms with Crippen LogP contribution in [-0.2, 0) is 5.75 Å². The summed E-state index contributed by atoms with van der Waals surface area (Å²) in [4.78, 5) is 8.87. The molecule has 0 amide bonds. The lowest BCUT2D eigenvalue weighted by Crippen LogP contribution is -2.04. The van der Waals surface area contributed by atoms with Crippen LogP contribution in [0.2, 0.25) is 0 Å². The highest BCUT2D eigenvalue weighted by atomic mass is 32.2. The Hall–Kier alpha value is -0.770. The standard InChI is InChI=1S/C11H19N3S/c1-5-12-10-6-9(4)13-11(14-10)7-15-8(2)3/h6,8H,5,7H2,1-4H3,(H,12,13,14). The summed E-state index contributed by atoms with van der Waals surface area (Å²) >= 11 is 1.87. The summed E-state index contributed by atoms with van der Waals surface area (Å²) in [6, 6.07) is 1.98. The van der Waals surface area contributed by atoms with Crippen LogP contribution >= 0.6 is 11.8 Å². The third kappa shape index (κ3) is 4.51. The first kappa shape index (κ1) is 12.3. The molecular weight excluding hydrogens is 206 g/mol. The van der Waals surface area contributed by atoms with Gasteiger partial charge in [0.25, 0.3) is 0 Å². The molecule has 0 saturated heterocycles. The van der Waals surface area contributed by atoms with Crippen LogP contribution in [-0.4, -0.2) is 21.8 Å². The van der Waals surface area contributed by atoms with Crippen molar-refractivity contribution in [2.24, 2.45) is 0 Å². The van der Waals surface area contributed by atoms with Crippen LogP contribution in [0.1, 0.15) is 32.3 Å². The van der Waals surface area contributed by atoms with Crippen LogP contribution in [0.3, 0.4) is 0 Å². The molecule has 84 valence electrons. The van der Waals surface area contributed by atoms with Gasteiger partial charge in [0, 0.05) is 18.3 Å². The highest BCUT2D eigenvalue weighted by molar-refractivity contribution is 7.99. The van der Waals surface area contributed by atoms with Crippen molar-refractivity contribution in [3.63, 3.8) is 0 Å². The number of anilines is 1. The van der Waals surface area contributed by atoms with Crippen LogP contribution in [0.5, 0.6) is 0 Å². The van der Waals surface area contributed by atoms with E-state index in [1.54, 1.807) is 0 Å². The van der Waals surface area contributed by atoms with Gasteiger partial charge in [-0.15, -0.1) is 0 Å². The zero-order valence-electron chi connectivity index (χ0n) is 9.87. The zero-order chi connectivity index (χ0) is 11.3. The average Bonchev–Trinajstić information content (AvgIpc) is 2.14. The van der Waals surface area contributed by atoms with E-state index in [1.807, 2.05) is 24.8 Å². The van der Waals surface area contributed by atoms with Gasteiger partial charge in [-0.2, -0.15) is 11.8 Å². The smallest absolute Gasteiger partial charge is 0.140 e. The largest absolute Gasteiger partial charge is 0.370 e. The minimum absolute atomic E-state index is 0.622. The van der Waals surface area contributed by atoms with E-state index in [4.69, 9.17) is 0 Å². The number of nitrogens with one attached hydrogen (secondary N) is 1. The molecule has 4 heteroatoms. The van der Waals surface area contributed by atoms with Gasteiger partial charge in [0.2, 0.25) is 0 Å². The number of hydrogen-bond donors (Lipinski definition) is 1. The lowest BCUT2D eigenvalue weighted by Gasteiger charge is -2.07. The number of hydrogen-bond acceptors (Lipinski definition) is 4. The van der Waals surface area contributed by atoms with E-state index in [0.29, 0.717) is 5.25 Å². The molecule has 0 saturated carbocycles. The molecular formula is C11H19N3S. The van der Waals surface area contributed by atoms with Crippen molar-refractivity contribution in [3.8, 4) is 0 Å². The van der Waals surface area contributed by atoms with Crippen LogP contribution in [0.25, 0.3) is 0 Å². The fourth-order valence-electron chi connectivity index (χ4n) is 1.21. The van der Waals surface area contributed by atoms with Crippen molar-refractivity contribution in [1.29, 1.82) is 0 Å². The molecule has 1 aromatic heterocycles. The van der Waals surface area contributed by atoms with E-state index in [1.165, 1.54) is 0 Å². The summed E-state index contributed by atoms with van der Waals surface area (Å²) in [6.07, 6.45) is 0. The second kappa shape index (κ2) is 5.95. The Morgan fingerprint density at radius 3 is 2.73 bits per heavy atom. The lowest BCUT2D eigenvalue weighted by atomic mass is 10.4. The third-order valence-electron chi connectivity index (χ3n) is 1.80. The average molecular weight is 225 g/mol.